The van der Waals surface area contributed by atoms with Gasteiger partial charge in [0.25, 0.3) is 5.91 Å². The van der Waals surface area contributed by atoms with Crippen LogP contribution in [0.15, 0.2) is 60.7 Å². The fourth-order valence-corrected chi connectivity index (χ4v) is 2.84. The first-order chi connectivity index (χ1) is 13.1. The Morgan fingerprint density at radius 1 is 0.926 bits per heavy atom. The van der Waals surface area contributed by atoms with Gasteiger partial charge in [0.05, 0.1) is 19.9 Å². The molecule has 0 aliphatic carbocycles. The molecule has 0 aliphatic heterocycles. The van der Waals surface area contributed by atoms with Gasteiger partial charge in [0, 0.05) is 6.07 Å². The molecule has 0 heterocycles. The van der Waals surface area contributed by atoms with Crippen molar-refractivity contribution in [3.63, 3.8) is 0 Å². The molecular weight excluding hydrogens is 342 g/mol. The Bertz CT molecular complexity index is 938. The van der Waals surface area contributed by atoms with Crippen LogP contribution in [0.1, 0.15) is 13.3 Å². The molecule has 0 aliphatic rings. The van der Waals surface area contributed by atoms with Crippen LogP contribution in [0, 0.1) is 0 Å². The van der Waals surface area contributed by atoms with Crippen LogP contribution in [0.5, 0.6) is 17.2 Å². The van der Waals surface area contributed by atoms with Crippen LogP contribution >= 0.6 is 0 Å². The van der Waals surface area contributed by atoms with E-state index in [9.17, 15) is 4.79 Å². The van der Waals surface area contributed by atoms with Crippen molar-refractivity contribution in [3.8, 4) is 17.2 Å². The highest BCUT2D eigenvalue weighted by molar-refractivity contribution is 5.96. The molecule has 0 fully saturated rings. The molecule has 1 atom stereocenters. The SMILES string of the molecule is CC[C@@H](Oc1ccc2ccccc2c1)C(=O)Nc1ccc(OC)cc1OC. The largest absolute Gasteiger partial charge is 0.497 e. The third kappa shape index (κ3) is 4.31. The van der Waals surface area contributed by atoms with Crippen LogP contribution in [0.4, 0.5) is 5.69 Å². The topological polar surface area (TPSA) is 56.8 Å². The van der Waals surface area contributed by atoms with E-state index in [1.807, 2.05) is 49.4 Å². The minimum atomic E-state index is -0.613. The Hall–Kier alpha value is -3.21. The molecule has 5 heteroatoms. The first kappa shape index (κ1) is 18.6. The molecule has 0 spiro atoms. The first-order valence-corrected chi connectivity index (χ1v) is 8.83. The molecule has 3 rings (SSSR count). The Balaban J connectivity index is 1.75. The molecule has 0 radical (unpaired) electrons. The normalized spacial score (nSPS) is 11.7. The van der Waals surface area contributed by atoms with Gasteiger partial charge in [-0.25, -0.2) is 0 Å². The quantitative estimate of drug-likeness (QED) is 0.662. The minimum Gasteiger partial charge on any atom is -0.497 e. The lowest BCUT2D eigenvalue weighted by Gasteiger charge is -2.19. The van der Waals surface area contributed by atoms with E-state index in [1.165, 1.54) is 0 Å². The monoisotopic (exact) mass is 365 g/mol. The van der Waals surface area contributed by atoms with Gasteiger partial charge in [0.15, 0.2) is 6.10 Å². The summed E-state index contributed by atoms with van der Waals surface area (Å²) in [5.74, 6) is 1.62. The minimum absolute atomic E-state index is 0.228. The molecule has 0 aromatic heterocycles. The second kappa shape index (κ2) is 8.45. The van der Waals surface area contributed by atoms with Gasteiger partial charge < -0.3 is 19.5 Å². The molecule has 1 amide bonds. The number of hydrogen-bond donors (Lipinski definition) is 1. The Labute approximate surface area is 158 Å². The van der Waals surface area contributed by atoms with E-state index in [2.05, 4.69) is 5.32 Å². The van der Waals surface area contributed by atoms with Crippen molar-refractivity contribution in [2.75, 3.05) is 19.5 Å². The number of methoxy groups -OCH3 is 2. The number of carbonyl (C=O) groups is 1. The van der Waals surface area contributed by atoms with E-state index < -0.39 is 6.10 Å². The number of nitrogens with one attached hydrogen (secondary N) is 1. The summed E-state index contributed by atoms with van der Waals surface area (Å²) in [4.78, 5) is 12.7. The summed E-state index contributed by atoms with van der Waals surface area (Å²) in [7, 11) is 3.13. The molecule has 0 unspecified atom stereocenters. The number of carbonyl (C=O) groups excluding carboxylic acids is 1. The third-order valence-electron chi connectivity index (χ3n) is 4.33. The summed E-state index contributed by atoms with van der Waals surface area (Å²) in [5, 5.41) is 5.08. The van der Waals surface area contributed by atoms with Crippen molar-refractivity contribution in [3.05, 3.63) is 60.7 Å². The average Bonchev–Trinajstić information content (AvgIpc) is 2.72. The maximum absolute atomic E-state index is 12.7. The van der Waals surface area contributed by atoms with E-state index in [0.717, 1.165) is 10.8 Å². The van der Waals surface area contributed by atoms with Crippen LogP contribution in [-0.4, -0.2) is 26.2 Å². The molecule has 1 N–H and O–H groups in total. The number of rotatable bonds is 7. The summed E-state index contributed by atoms with van der Waals surface area (Å²) >= 11 is 0. The summed E-state index contributed by atoms with van der Waals surface area (Å²) < 4.78 is 16.5. The lowest BCUT2D eigenvalue weighted by atomic mass is 10.1. The van der Waals surface area contributed by atoms with Crippen LogP contribution in [0.3, 0.4) is 0 Å². The Kier molecular flexibility index (Phi) is 5.81. The van der Waals surface area contributed by atoms with Gasteiger partial charge in [-0.2, -0.15) is 0 Å². The zero-order valence-corrected chi connectivity index (χ0v) is 15.7. The molecule has 5 nitrogen and oxygen atoms in total. The number of fused-ring (bicyclic) bond motifs is 1. The van der Waals surface area contributed by atoms with Gasteiger partial charge in [-0.05, 0) is 41.5 Å². The van der Waals surface area contributed by atoms with E-state index in [-0.39, 0.29) is 5.91 Å². The molecule has 0 saturated heterocycles. The number of ether oxygens (including phenoxy) is 3. The van der Waals surface area contributed by atoms with Crippen LogP contribution in [0.25, 0.3) is 10.8 Å². The number of benzene rings is 3. The summed E-state index contributed by atoms with van der Waals surface area (Å²) in [6.07, 6.45) is -0.0742. The summed E-state index contributed by atoms with van der Waals surface area (Å²) in [5.41, 5.74) is 0.573. The van der Waals surface area contributed by atoms with E-state index in [0.29, 0.717) is 29.4 Å². The highest BCUT2D eigenvalue weighted by Crippen LogP contribution is 2.29. The van der Waals surface area contributed by atoms with E-state index in [4.69, 9.17) is 14.2 Å². The molecular formula is C22H23NO4. The fraction of sp³-hybridized carbons (Fsp3) is 0.227. The fourth-order valence-electron chi connectivity index (χ4n) is 2.84. The van der Waals surface area contributed by atoms with Gasteiger partial charge in [0.2, 0.25) is 0 Å². The van der Waals surface area contributed by atoms with Gasteiger partial charge in [-0.1, -0.05) is 37.3 Å². The van der Waals surface area contributed by atoms with Gasteiger partial charge in [-0.3, -0.25) is 4.79 Å². The van der Waals surface area contributed by atoms with Crippen molar-refractivity contribution in [2.45, 2.75) is 19.4 Å². The molecule has 3 aromatic rings. The highest BCUT2D eigenvalue weighted by Gasteiger charge is 2.20. The summed E-state index contributed by atoms with van der Waals surface area (Å²) in [6, 6.07) is 19.1. The standard InChI is InChI=1S/C22H23NO4/c1-4-20(27-18-10-9-15-7-5-6-8-16(15)13-18)22(24)23-19-12-11-17(25-2)14-21(19)26-3/h5-14,20H,4H2,1-3H3,(H,23,24)/t20-/m1/s1. The average molecular weight is 365 g/mol. The van der Waals surface area contributed by atoms with Crippen LogP contribution in [0.2, 0.25) is 0 Å². The number of amides is 1. The maximum atomic E-state index is 12.7. The highest BCUT2D eigenvalue weighted by atomic mass is 16.5. The van der Waals surface area contributed by atoms with Crippen molar-refractivity contribution in [1.29, 1.82) is 0 Å². The van der Waals surface area contributed by atoms with E-state index >= 15 is 0 Å². The van der Waals surface area contributed by atoms with Crippen molar-refractivity contribution >= 4 is 22.4 Å². The second-order valence-electron chi connectivity index (χ2n) is 6.08. The molecule has 0 bridgehead atoms. The van der Waals surface area contributed by atoms with Gasteiger partial charge >= 0.3 is 0 Å². The van der Waals surface area contributed by atoms with Crippen molar-refractivity contribution < 1.29 is 19.0 Å². The first-order valence-electron chi connectivity index (χ1n) is 8.83. The predicted molar refractivity (Wildman–Crippen MR) is 107 cm³/mol. The van der Waals surface area contributed by atoms with Crippen molar-refractivity contribution in [1.82, 2.24) is 0 Å². The molecule has 0 saturated carbocycles. The van der Waals surface area contributed by atoms with Crippen LogP contribution in [-0.2, 0) is 4.79 Å². The lowest BCUT2D eigenvalue weighted by molar-refractivity contribution is -0.122. The second-order valence-corrected chi connectivity index (χ2v) is 6.08. The van der Waals surface area contributed by atoms with Gasteiger partial charge in [0.1, 0.15) is 17.2 Å². The Morgan fingerprint density at radius 2 is 1.67 bits per heavy atom. The zero-order chi connectivity index (χ0) is 19.2. The van der Waals surface area contributed by atoms with Crippen LogP contribution < -0.4 is 19.5 Å². The van der Waals surface area contributed by atoms with Gasteiger partial charge in [-0.15, -0.1) is 0 Å². The lowest BCUT2D eigenvalue weighted by Crippen LogP contribution is -2.32. The molecule has 3 aromatic carbocycles. The van der Waals surface area contributed by atoms with Crippen molar-refractivity contribution in [2.24, 2.45) is 0 Å². The maximum Gasteiger partial charge on any atom is 0.265 e. The predicted octanol–water partition coefficient (Wildman–Crippen LogP) is 4.65. The smallest absolute Gasteiger partial charge is 0.265 e. The Morgan fingerprint density at radius 3 is 2.37 bits per heavy atom. The molecule has 140 valence electrons. The zero-order valence-electron chi connectivity index (χ0n) is 15.7. The third-order valence-corrected chi connectivity index (χ3v) is 4.33. The number of hydrogen-bond acceptors (Lipinski definition) is 4. The molecule has 27 heavy (non-hydrogen) atoms. The number of anilines is 1. The van der Waals surface area contributed by atoms with E-state index in [1.54, 1.807) is 32.4 Å². The summed E-state index contributed by atoms with van der Waals surface area (Å²) in [6.45, 7) is 1.91.